The molecule has 1 atom stereocenters. The quantitative estimate of drug-likeness (QED) is 0.625. The van der Waals surface area contributed by atoms with E-state index in [-0.39, 0.29) is 11.1 Å². The number of nitro benzene ring substituents is 1. The van der Waals surface area contributed by atoms with Crippen LogP contribution in [0, 0.1) is 17.0 Å². The molecule has 0 aliphatic rings. The molecule has 0 spiro atoms. The number of non-ortho nitro benzene ring substituents is 1. The highest BCUT2D eigenvalue weighted by atomic mass is 19.3. The Hall–Kier alpha value is -2.29. The zero-order valence-corrected chi connectivity index (χ0v) is 9.54. The summed E-state index contributed by atoms with van der Waals surface area (Å²) in [7, 11) is 0. The fourth-order valence-electron chi connectivity index (χ4n) is 1.43. The number of carbonyl (C=O) groups is 1. The third-order valence-electron chi connectivity index (χ3n) is 2.34. The monoisotopic (exact) mass is 277 g/mol. The standard InChI is InChI=1S/C10H9F2NO6/c1-4-6(8(14)9(15)16)2-5(13(17)18)3-7(4)19-10(11)12/h2-3,8,10,14H,1H3,(H,15,16). The van der Waals surface area contributed by atoms with Gasteiger partial charge in [0.25, 0.3) is 5.69 Å². The van der Waals surface area contributed by atoms with Crippen LogP contribution in [-0.4, -0.2) is 27.7 Å². The van der Waals surface area contributed by atoms with Gasteiger partial charge in [0.05, 0.1) is 11.0 Å². The van der Waals surface area contributed by atoms with E-state index in [9.17, 15) is 28.8 Å². The molecule has 0 saturated carbocycles. The van der Waals surface area contributed by atoms with Crippen LogP contribution in [-0.2, 0) is 4.79 Å². The molecule has 104 valence electrons. The van der Waals surface area contributed by atoms with Gasteiger partial charge in [-0.3, -0.25) is 10.1 Å². The van der Waals surface area contributed by atoms with Crippen molar-refractivity contribution in [2.24, 2.45) is 0 Å². The number of hydrogen-bond acceptors (Lipinski definition) is 5. The molecule has 0 aliphatic heterocycles. The van der Waals surface area contributed by atoms with Crippen molar-refractivity contribution in [3.8, 4) is 5.75 Å². The normalized spacial score (nSPS) is 12.3. The van der Waals surface area contributed by atoms with Gasteiger partial charge in [0.1, 0.15) is 5.75 Å². The summed E-state index contributed by atoms with van der Waals surface area (Å²) in [6, 6.07) is 1.53. The molecule has 2 N–H and O–H groups in total. The molecule has 19 heavy (non-hydrogen) atoms. The summed E-state index contributed by atoms with van der Waals surface area (Å²) in [5.74, 6) is -2.22. The minimum absolute atomic E-state index is 0.110. The van der Waals surface area contributed by atoms with Crippen LogP contribution in [0.1, 0.15) is 17.2 Å². The van der Waals surface area contributed by atoms with Crippen LogP contribution < -0.4 is 4.74 Å². The summed E-state index contributed by atoms with van der Waals surface area (Å²) < 4.78 is 28.4. The SMILES string of the molecule is Cc1c(OC(F)F)cc([N+](=O)[O-])cc1C(O)C(=O)O. The lowest BCUT2D eigenvalue weighted by Gasteiger charge is -2.14. The molecule has 1 rings (SSSR count). The number of nitro groups is 1. The van der Waals surface area contributed by atoms with Crippen molar-refractivity contribution in [2.75, 3.05) is 0 Å². The topological polar surface area (TPSA) is 110 Å². The van der Waals surface area contributed by atoms with Gasteiger partial charge in [-0.05, 0) is 12.5 Å². The summed E-state index contributed by atoms with van der Waals surface area (Å²) in [6.45, 7) is -2.02. The predicted molar refractivity (Wildman–Crippen MR) is 57.1 cm³/mol. The van der Waals surface area contributed by atoms with E-state index >= 15 is 0 Å². The Labute approximate surface area is 105 Å². The van der Waals surface area contributed by atoms with Gasteiger partial charge in [0, 0.05) is 11.6 Å². The number of aliphatic hydroxyl groups excluding tert-OH is 1. The zero-order chi connectivity index (χ0) is 14.7. The second-order valence-corrected chi connectivity index (χ2v) is 3.53. The number of ether oxygens (including phenoxy) is 1. The van der Waals surface area contributed by atoms with Crippen LogP contribution in [0.5, 0.6) is 5.75 Å². The van der Waals surface area contributed by atoms with Crippen molar-refractivity contribution in [1.82, 2.24) is 0 Å². The van der Waals surface area contributed by atoms with Gasteiger partial charge >= 0.3 is 12.6 Å². The maximum Gasteiger partial charge on any atom is 0.387 e. The third kappa shape index (κ3) is 3.35. The second-order valence-electron chi connectivity index (χ2n) is 3.53. The summed E-state index contributed by atoms with van der Waals surface area (Å²) in [5, 5.41) is 28.7. The van der Waals surface area contributed by atoms with Crippen molar-refractivity contribution in [3.05, 3.63) is 33.4 Å². The maximum atomic E-state index is 12.2. The van der Waals surface area contributed by atoms with Gasteiger partial charge in [-0.2, -0.15) is 8.78 Å². The number of rotatable bonds is 5. The molecule has 1 aromatic rings. The summed E-state index contributed by atoms with van der Waals surface area (Å²) in [5.41, 5.74) is -1.14. The van der Waals surface area contributed by atoms with Gasteiger partial charge in [0.15, 0.2) is 6.10 Å². The van der Waals surface area contributed by atoms with E-state index in [0.717, 1.165) is 12.1 Å². The second kappa shape index (κ2) is 5.57. The molecule has 0 amide bonds. The van der Waals surface area contributed by atoms with Crippen LogP contribution in [0.4, 0.5) is 14.5 Å². The van der Waals surface area contributed by atoms with Gasteiger partial charge in [-0.25, -0.2) is 4.79 Å². The first-order valence-electron chi connectivity index (χ1n) is 4.88. The first kappa shape index (κ1) is 14.8. The van der Waals surface area contributed by atoms with Crippen LogP contribution in [0.15, 0.2) is 12.1 Å². The predicted octanol–water partition coefficient (Wildman–Crippen LogP) is 1.62. The molecule has 0 heterocycles. The van der Waals surface area contributed by atoms with Crippen molar-refractivity contribution in [1.29, 1.82) is 0 Å². The summed E-state index contributed by atoms with van der Waals surface area (Å²) in [4.78, 5) is 20.4. The number of carboxylic acid groups (broad SMARTS) is 1. The number of nitrogens with zero attached hydrogens (tertiary/aromatic N) is 1. The van der Waals surface area contributed by atoms with Crippen molar-refractivity contribution >= 4 is 11.7 Å². The Balaban J connectivity index is 3.40. The average molecular weight is 277 g/mol. The highest BCUT2D eigenvalue weighted by molar-refractivity contribution is 5.75. The molecule has 0 bridgehead atoms. The lowest BCUT2D eigenvalue weighted by atomic mass is 10.0. The van der Waals surface area contributed by atoms with Gasteiger partial charge in [0.2, 0.25) is 0 Å². The molecular formula is C10H9F2NO6. The molecular weight excluding hydrogens is 268 g/mol. The van der Waals surface area contributed by atoms with Crippen LogP contribution in [0.2, 0.25) is 0 Å². The molecule has 0 aliphatic carbocycles. The minimum Gasteiger partial charge on any atom is -0.479 e. The van der Waals surface area contributed by atoms with E-state index in [1.807, 2.05) is 0 Å². The van der Waals surface area contributed by atoms with Crippen LogP contribution in [0.25, 0.3) is 0 Å². The molecule has 1 aromatic carbocycles. The first-order chi connectivity index (χ1) is 8.73. The Kier molecular flexibility index (Phi) is 4.33. The fraction of sp³-hybridized carbons (Fsp3) is 0.300. The highest BCUT2D eigenvalue weighted by Gasteiger charge is 2.25. The van der Waals surface area contributed by atoms with Crippen molar-refractivity contribution in [3.63, 3.8) is 0 Å². The average Bonchev–Trinajstić information content (AvgIpc) is 2.29. The maximum absolute atomic E-state index is 12.2. The number of alkyl halides is 2. The Morgan fingerprint density at radius 2 is 2.05 bits per heavy atom. The number of halogens is 2. The molecule has 9 heteroatoms. The largest absolute Gasteiger partial charge is 0.479 e. The number of aliphatic carboxylic acids is 1. The van der Waals surface area contributed by atoms with Gasteiger partial charge < -0.3 is 14.9 Å². The van der Waals surface area contributed by atoms with E-state index in [1.54, 1.807) is 0 Å². The van der Waals surface area contributed by atoms with Crippen LogP contribution in [0.3, 0.4) is 0 Å². The lowest BCUT2D eigenvalue weighted by Crippen LogP contribution is -2.14. The summed E-state index contributed by atoms with van der Waals surface area (Å²) >= 11 is 0. The Morgan fingerprint density at radius 1 is 1.47 bits per heavy atom. The Morgan fingerprint density at radius 3 is 2.47 bits per heavy atom. The number of benzene rings is 1. The van der Waals surface area contributed by atoms with E-state index < -0.39 is 35.0 Å². The first-order valence-corrected chi connectivity index (χ1v) is 4.88. The van der Waals surface area contributed by atoms with Crippen molar-refractivity contribution < 1.29 is 33.4 Å². The molecule has 0 radical (unpaired) electrons. The number of hydrogen-bond donors (Lipinski definition) is 2. The van der Waals surface area contributed by atoms with Gasteiger partial charge in [-0.1, -0.05) is 0 Å². The van der Waals surface area contributed by atoms with E-state index in [0.29, 0.717) is 0 Å². The lowest BCUT2D eigenvalue weighted by molar-refractivity contribution is -0.385. The smallest absolute Gasteiger partial charge is 0.387 e. The number of carboxylic acids is 1. The Bertz CT molecular complexity index is 519. The summed E-state index contributed by atoms with van der Waals surface area (Å²) in [6.07, 6.45) is -2.07. The molecule has 7 nitrogen and oxygen atoms in total. The molecule has 0 saturated heterocycles. The molecule has 0 aromatic heterocycles. The molecule has 1 unspecified atom stereocenters. The molecule has 0 fully saturated rings. The zero-order valence-electron chi connectivity index (χ0n) is 9.54. The third-order valence-corrected chi connectivity index (χ3v) is 2.34. The van der Waals surface area contributed by atoms with E-state index in [4.69, 9.17) is 5.11 Å². The minimum atomic E-state index is -3.23. The van der Waals surface area contributed by atoms with E-state index in [1.165, 1.54) is 6.92 Å². The van der Waals surface area contributed by atoms with Crippen LogP contribution >= 0.6 is 0 Å². The van der Waals surface area contributed by atoms with E-state index in [2.05, 4.69) is 4.74 Å². The number of aliphatic hydroxyl groups is 1. The van der Waals surface area contributed by atoms with Crippen molar-refractivity contribution in [2.45, 2.75) is 19.6 Å². The van der Waals surface area contributed by atoms with Gasteiger partial charge in [-0.15, -0.1) is 0 Å². The fourth-order valence-corrected chi connectivity index (χ4v) is 1.43. The highest BCUT2D eigenvalue weighted by Crippen LogP contribution is 2.32.